The summed E-state index contributed by atoms with van der Waals surface area (Å²) in [6.07, 6.45) is 0. The fourth-order valence-corrected chi connectivity index (χ4v) is 1.75. The van der Waals surface area contributed by atoms with Gasteiger partial charge in [0.25, 0.3) is 0 Å². The van der Waals surface area contributed by atoms with E-state index in [9.17, 15) is 4.79 Å². The SMILES string of the molecule is CCOCC(=O)Nc1ccc2[nH]c(C)cc2c1. The Bertz CT molecular complexity index is 531. The van der Waals surface area contributed by atoms with Crippen LogP contribution in [0.3, 0.4) is 0 Å². The summed E-state index contributed by atoms with van der Waals surface area (Å²) >= 11 is 0. The summed E-state index contributed by atoms with van der Waals surface area (Å²) in [4.78, 5) is 14.7. The first-order valence-corrected chi connectivity index (χ1v) is 5.66. The lowest BCUT2D eigenvalue weighted by atomic mass is 10.2. The smallest absolute Gasteiger partial charge is 0.250 e. The number of hydrogen-bond acceptors (Lipinski definition) is 2. The van der Waals surface area contributed by atoms with Gasteiger partial charge in [0.2, 0.25) is 5.91 Å². The number of hydrogen-bond donors (Lipinski definition) is 2. The molecule has 0 saturated heterocycles. The molecule has 4 heteroatoms. The number of H-pyrrole nitrogens is 1. The fraction of sp³-hybridized carbons (Fsp3) is 0.308. The Kier molecular flexibility index (Phi) is 3.44. The number of fused-ring (bicyclic) bond motifs is 1. The highest BCUT2D eigenvalue weighted by Gasteiger charge is 2.03. The lowest BCUT2D eigenvalue weighted by Gasteiger charge is -2.05. The van der Waals surface area contributed by atoms with E-state index >= 15 is 0 Å². The van der Waals surface area contributed by atoms with Crippen LogP contribution in [0.5, 0.6) is 0 Å². The summed E-state index contributed by atoms with van der Waals surface area (Å²) in [5.41, 5.74) is 2.98. The predicted octanol–water partition coefficient (Wildman–Crippen LogP) is 2.45. The lowest BCUT2D eigenvalue weighted by molar-refractivity contribution is -0.120. The standard InChI is InChI=1S/C13H16N2O2/c1-3-17-8-13(16)15-11-4-5-12-10(7-11)6-9(2)14-12/h4-7,14H,3,8H2,1-2H3,(H,15,16). The molecule has 2 aromatic rings. The van der Waals surface area contributed by atoms with Crippen molar-refractivity contribution in [3.05, 3.63) is 30.0 Å². The van der Waals surface area contributed by atoms with Crippen molar-refractivity contribution in [2.45, 2.75) is 13.8 Å². The average Bonchev–Trinajstić information content (AvgIpc) is 2.65. The zero-order valence-corrected chi connectivity index (χ0v) is 10.0. The van der Waals surface area contributed by atoms with Crippen LogP contribution in [0, 0.1) is 6.92 Å². The van der Waals surface area contributed by atoms with Crippen molar-refractivity contribution in [3.8, 4) is 0 Å². The summed E-state index contributed by atoms with van der Waals surface area (Å²) < 4.78 is 5.04. The predicted molar refractivity (Wildman–Crippen MR) is 68.2 cm³/mol. The first-order valence-electron chi connectivity index (χ1n) is 5.66. The van der Waals surface area contributed by atoms with E-state index in [0.29, 0.717) is 6.61 Å². The van der Waals surface area contributed by atoms with Crippen LogP contribution in [0.25, 0.3) is 10.9 Å². The minimum Gasteiger partial charge on any atom is -0.372 e. The summed E-state index contributed by atoms with van der Waals surface area (Å²) in [7, 11) is 0. The van der Waals surface area contributed by atoms with Gasteiger partial charge in [-0.15, -0.1) is 0 Å². The summed E-state index contributed by atoms with van der Waals surface area (Å²) in [6, 6.07) is 7.83. The van der Waals surface area contributed by atoms with Gasteiger partial charge in [-0.1, -0.05) is 0 Å². The molecule has 0 saturated carbocycles. The number of rotatable bonds is 4. The number of aromatic amines is 1. The third-order valence-electron chi connectivity index (χ3n) is 2.48. The second-order valence-corrected chi connectivity index (χ2v) is 3.94. The van der Waals surface area contributed by atoms with Crippen LogP contribution in [-0.4, -0.2) is 24.1 Å². The highest BCUT2D eigenvalue weighted by Crippen LogP contribution is 2.19. The Balaban J connectivity index is 2.10. The normalized spacial score (nSPS) is 10.7. The van der Waals surface area contributed by atoms with Gasteiger partial charge in [0, 0.05) is 28.9 Å². The van der Waals surface area contributed by atoms with Crippen molar-refractivity contribution in [1.82, 2.24) is 4.98 Å². The molecule has 1 heterocycles. The van der Waals surface area contributed by atoms with E-state index < -0.39 is 0 Å². The van der Waals surface area contributed by atoms with Crippen LogP contribution in [0.1, 0.15) is 12.6 Å². The van der Waals surface area contributed by atoms with E-state index in [0.717, 1.165) is 22.3 Å². The highest BCUT2D eigenvalue weighted by atomic mass is 16.5. The summed E-state index contributed by atoms with van der Waals surface area (Å²) in [6.45, 7) is 4.51. The molecule has 1 aromatic carbocycles. The van der Waals surface area contributed by atoms with E-state index in [1.165, 1.54) is 0 Å². The second kappa shape index (κ2) is 5.01. The van der Waals surface area contributed by atoms with Crippen LogP contribution in [0.2, 0.25) is 0 Å². The molecule has 0 aliphatic carbocycles. The molecule has 0 aliphatic heterocycles. The van der Waals surface area contributed by atoms with Gasteiger partial charge in [-0.3, -0.25) is 4.79 Å². The van der Waals surface area contributed by atoms with E-state index in [4.69, 9.17) is 4.74 Å². The van der Waals surface area contributed by atoms with Crippen molar-refractivity contribution in [3.63, 3.8) is 0 Å². The van der Waals surface area contributed by atoms with Crippen LogP contribution in [0.15, 0.2) is 24.3 Å². The van der Waals surface area contributed by atoms with Crippen LogP contribution in [-0.2, 0) is 9.53 Å². The number of carbonyl (C=O) groups excluding carboxylic acids is 1. The molecule has 0 atom stereocenters. The molecule has 90 valence electrons. The number of anilines is 1. The monoisotopic (exact) mass is 232 g/mol. The van der Waals surface area contributed by atoms with Gasteiger partial charge in [0.1, 0.15) is 6.61 Å². The topological polar surface area (TPSA) is 54.1 Å². The quantitative estimate of drug-likeness (QED) is 0.850. The van der Waals surface area contributed by atoms with Crippen molar-refractivity contribution >= 4 is 22.5 Å². The molecule has 0 unspecified atom stereocenters. The van der Waals surface area contributed by atoms with Crippen LogP contribution in [0.4, 0.5) is 5.69 Å². The molecular formula is C13H16N2O2. The summed E-state index contributed by atoms with van der Waals surface area (Å²) in [5, 5.41) is 3.89. The van der Waals surface area contributed by atoms with Gasteiger partial charge in [-0.2, -0.15) is 0 Å². The molecule has 17 heavy (non-hydrogen) atoms. The number of ether oxygens (including phenoxy) is 1. The molecular weight excluding hydrogens is 216 g/mol. The number of benzene rings is 1. The third kappa shape index (κ3) is 2.85. The molecule has 0 spiro atoms. The Morgan fingerprint density at radius 3 is 3.00 bits per heavy atom. The van der Waals surface area contributed by atoms with Crippen molar-refractivity contribution in [2.24, 2.45) is 0 Å². The van der Waals surface area contributed by atoms with E-state index in [-0.39, 0.29) is 12.5 Å². The zero-order valence-electron chi connectivity index (χ0n) is 10.0. The van der Waals surface area contributed by atoms with Gasteiger partial charge in [-0.25, -0.2) is 0 Å². The Labute approximate surface area is 100.0 Å². The third-order valence-corrected chi connectivity index (χ3v) is 2.48. The molecule has 1 amide bonds. The van der Waals surface area contributed by atoms with Gasteiger partial charge < -0.3 is 15.0 Å². The summed E-state index contributed by atoms with van der Waals surface area (Å²) in [5.74, 6) is -0.126. The van der Waals surface area contributed by atoms with E-state index in [1.54, 1.807) is 0 Å². The number of amides is 1. The van der Waals surface area contributed by atoms with Crippen molar-refractivity contribution in [2.75, 3.05) is 18.5 Å². The molecule has 1 aromatic heterocycles. The maximum atomic E-state index is 11.5. The average molecular weight is 232 g/mol. The molecule has 4 nitrogen and oxygen atoms in total. The van der Waals surface area contributed by atoms with Gasteiger partial charge in [-0.05, 0) is 38.1 Å². The molecule has 0 fully saturated rings. The Hall–Kier alpha value is -1.81. The van der Waals surface area contributed by atoms with E-state index in [1.807, 2.05) is 38.1 Å². The van der Waals surface area contributed by atoms with E-state index in [2.05, 4.69) is 10.3 Å². The van der Waals surface area contributed by atoms with Crippen LogP contribution < -0.4 is 5.32 Å². The minimum absolute atomic E-state index is 0.0979. The van der Waals surface area contributed by atoms with Crippen molar-refractivity contribution in [1.29, 1.82) is 0 Å². The second-order valence-electron chi connectivity index (χ2n) is 3.94. The van der Waals surface area contributed by atoms with Crippen molar-refractivity contribution < 1.29 is 9.53 Å². The fourth-order valence-electron chi connectivity index (χ4n) is 1.75. The number of carbonyl (C=O) groups is 1. The maximum absolute atomic E-state index is 11.5. The molecule has 0 aliphatic rings. The number of aryl methyl sites for hydroxylation is 1. The maximum Gasteiger partial charge on any atom is 0.250 e. The molecule has 0 bridgehead atoms. The zero-order chi connectivity index (χ0) is 12.3. The molecule has 0 radical (unpaired) electrons. The number of aromatic nitrogens is 1. The Morgan fingerprint density at radius 1 is 1.41 bits per heavy atom. The van der Waals surface area contributed by atoms with Crippen LogP contribution >= 0.6 is 0 Å². The highest BCUT2D eigenvalue weighted by molar-refractivity contribution is 5.94. The lowest BCUT2D eigenvalue weighted by Crippen LogP contribution is -2.18. The minimum atomic E-state index is -0.126. The van der Waals surface area contributed by atoms with Gasteiger partial charge in [0.05, 0.1) is 0 Å². The first kappa shape index (κ1) is 11.7. The molecule has 2 N–H and O–H groups in total. The van der Waals surface area contributed by atoms with Gasteiger partial charge >= 0.3 is 0 Å². The van der Waals surface area contributed by atoms with Gasteiger partial charge in [0.15, 0.2) is 0 Å². The number of nitrogens with one attached hydrogen (secondary N) is 2. The molecule has 2 rings (SSSR count). The largest absolute Gasteiger partial charge is 0.372 e. The first-order chi connectivity index (χ1) is 8.19. The Morgan fingerprint density at radius 2 is 2.24 bits per heavy atom.